The summed E-state index contributed by atoms with van der Waals surface area (Å²) in [5.74, 6) is -0.666. The van der Waals surface area contributed by atoms with Gasteiger partial charge in [-0.15, -0.1) is 0 Å². The zero-order chi connectivity index (χ0) is 12.6. The number of esters is 1. The van der Waals surface area contributed by atoms with Gasteiger partial charge in [0.25, 0.3) is 0 Å². The van der Waals surface area contributed by atoms with Crippen molar-refractivity contribution in [1.29, 1.82) is 0 Å². The average Bonchev–Trinajstić information content (AvgIpc) is 2.16. The molecule has 94 valence electrons. The van der Waals surface area contributed by atoms with Gasteiger partial charge < -0.3 is 9.84 Å². The number of aliphatic hydroxyl groups excluding tert-OH is 1. The molecule has 0 spiro atoms. The van der Waals surface area contributed by atoms with Crippen LogP contribution in [0.4, 0.5) is 0 Å². The normalized spacial score (nSPS) is 10.9. The summed E-state index contributed by atoms with van der Waals surface area (Å²) >= 11 is 0. The van der Waals surface area contributed by atoms with E-state index in [-0.39, 0.29) is 38.0 Å². The van der Waals surface area contributed by atoms with E-state index in [4.69, 9.17) is 5.11 Å². The first kappa shape index (κ1) is 15.1. The predicted molar refractivity (Wildman–Crippen MR) is 60.1 cm³/mol. The number of carbonyl (C=O) groups excluding carboxylic acids is 2. The summed E-state index contributed by atoms with van der Waals surface area (Å²) < 4.78 is 4.69. The molecule has 0 aromatic heterocycles. The fraction of sp³-hybridized carbons (Fsp3) is 0.818. The molecule has 0 aromatic carbocycles. The molecule has 0 aliphatic carbocycles. The Kier molecular flexibility index (Phi) is 7.76. The second-order valence-corrected chi connectivity index (χ2v) is 3.81. The maximum atomic E-state index is 11.5. The molecule has 0 heterocycles. The van der Waals surface area contributed by atoms with Crippen molar-refractivity contribution < 1.29 is 19.4 Å². The van der Waals surface area contributed by atoms with E-state index < -0.39 is 5.97 Å². The van der Waals surface area contributed by atoms with Crippen LogP contribution in [0.2, 0.25) is 0 Å². The molecular weight excluding hydrogens is 210 g/mol. The van der Waals surface area contributed by atoms with E-state index in [1.54, 1.807) is 6.92 Å². The zero-order valence-electron chi connectivity index (χ0n) is 10.2. The summed E-state index contributed by atoms with van der Waals surface area (Å²) in [6.07, 6.45) is -0.192. The fourth-order valence-electron chi connectivity index (χ4n) is 1.30. The van der Waals surface area contributed by atoms with E-state index in [0.29, 0.717) is 6.54 Å². The van der Waals surface area contributed by atoms with E-state index in [1.165, 1.54) is 0 Å². The maximum absolute atomic E-state index is 11.5. The maximum Gasteiger partial charge on any atom is 0.313 e. The minimum absolute atomic E-state index is 0.00483. The van der Waals surface area contributed by atoms with Gasteiger partial charge in [-0.05, 0) is 20.8 Å². The van der Waals surface area contributed by atoms with Crippen molar-refractivity contribution in [2.45, 2.75) is 33.2 Å². The van der Waals surface area contributed by atoms with Crippen molar-refractivity contribution in [3.8, 4) is 0 Å². The summed E-state index contributed by atoms with van der Waals surface area (Å²) in [6, 6.07) is 0.165. The van der Waals surface area contributed by atoms with Crippen LogP contribution in [0.1, 0.15) is 27.2 Å². The number of hydrogen-bond donors (Lipinski definition) is 1. The number of ketones is 1. The Bertz CT molecular complexity index is 228. The number of hydrogen-bond acceptors (Lipinski definition) is 5. The smallest absolute Gasteiger partial charge is 0.313 e. The highest BCUT2D eigenvalue weighted by Crippen LogP contribution is 1.99. The Morgan fingerprint density at radius 2 is 2.00 bits per heavy atom. The van der Waals surface area contributed by atoms with Gasteiger partial charge >= 0.3 is 5.97 Å². The molecular formula is C11H21NO4. The Morgan fingerprint density at radius 3 is 2.44 bits per heavy atom. The molecule has 0 atom stereocenters. The van der Waals surface area contributed by atoms with Gasteiger partial charge in [-0.2, -0.15) is 0 Å². The number of aliphatic hydroxyl groups is 1. The first-order valence-electron chi connectivity index (χ1n) is 5.53. The van der Waals surface area contributed by atoms with Gasteiger partial charge in [-0.1, -0.05) is 0 Å². The quantitative estimate of drug-likeness (QED) is 0.478. The Balaban J connectivity index is 4.04. The van der Waals surface area contributed by atoms with Crippen molar-refractivity contribution in [3.05, 3.63) is 0 Å². The van der Waals surface area contributed by atoms with Crippen molar-refractivity contribution in [3.63, 3.8) is 0 Å². The summed E-state index contributed by atoms with van der Waals surface area (Å²) in [7, 11) is 0. The largest absolute Gasteiger partial charge is 0.466 e. The minimum Gasteiger partial charge on any atom is -0.466 e. The van der Waals surface area contributed by atoms with Crippen molar-refractivity contribution in [1.82, 2.24) is 4.90 Å². The lowest BCUT2D eigenvalue weighted by molar-refractivity contribution is -0.145. The van der Waals surface area contributed by atoms with Gasteiger partial charge in [-0.25, -0.2) is 0 Å². The molecule has 1 N–H and O–H groups in total. The molecule has 0 rings (SSSR count). The lowest BCUT2D eigenvalue weighted by atomic mass is 10.2. The summed E-state index contributed by atoms with van der Waals surface area (Å²) in [4.78, 5) is 24.4. The first-order valence-corrected chi connectivity index (χ1v) is 5.53. The molecule has 0 bridgehead atoms. The lowest BCUT2D eigenvalue weighted by Gasteiger charge is -2.24. The number of carbonyl (C=O) groups is 2. The molecule has 0 saturated carbocycles. The van der Waals surface area contributed by atoms with Gasteiger partial charge in [0.05, 0.1) is 19.8 Å². The van der Waals surface area contributed by atoms with Crippen molar-refractivity contribution in [2.24, 2.45) is 0 Å². The van der Waals surface area contributed by atoms with Crippen LogP contribution in [-0.2, 0) is 14.3 Å². The van der Waals surface area contributed by atoms with E-state index in [1.807, 2.05) is 18.7 Å². The van der Waals surface area contributed by atoms with Crippen molar-refractivity contribution in [2.75, 3.05) is 26.3 Å². The van der Waals surface area contributed by atoms with Crippen LogP contribution >= 0.6 is 0 Å². The molecule has 5 heteroatoms. The Hall–Kier alpha value is -0.940. The van der Waals surface area contributed by atoms with Crippen LogP contribution in [0.3, 0.4) is 0 Å². The molecule has 0 saturated heterocycles. The van der Waals surface area contributed by atoms with E-state index in [2.05, 4.69) is 4.74 Å². The van der Waals surface area contributed by atoms with Crippen molar-refractivity contribution >= 4 is 11.8 Å². The molecule has 0 aliphatic heterocycles. The molecule has 0 aromatic rings. The SMILES string of the molecule is CCOC(=O)CC(=O)CN(CCO)C(C)C. The minimum atomic E-state index is -0.486. The Morgan fingerprint density at radius 1 is 1.38 bits per heavy atom. The highest BCUT2D eigenvalue weighted by molar-refractivity contribution is 5.96. The van der Waals surface area contributed by atoms with Crippen LogP contribution in [0, 0.1) is 0 Å². The summed E-state index contributed by atoms with van der Waals surface area (Å²) in [5.41, 5.74) is 0. The molecule has 0 fully saturated rings. The van der Waals surface area contributed by atoms with Crippen LogP contribution in [0.5, 0.6) is 0 Å². The highest BCUT2D eigenvalue weighted by Gasteiger charge is 2.16. The number of ether oxygens (including phenoxy) is 1. The van der Waals surface area contributed by atoms with Crippen LogP contribution in [0.25, 0.3) is 0 Å². The standard InChI is InChI=1S/C11H21NO4/c1-4-16-11(15)7-10(14)8-12(5-6-13)9(2)3/h9,13H,4-8H2,1-3H3. The second-order valence-electron chi connectivity index (χ2n) is 3.81. The number of rotatable bonds is 8. The number of nitrogens with zero attached hydrogens (tertiary/aromatic N) is 1. The topological polar surface area (TPSA) is 66.8 Å². The van der Waals surface area contributed by atoms with Crippen LogP contribution in [-0.4, -0.2) is 54.1 Å². The van der Waals surface area contributed by atoms with E-state index in [0.717, 1.165) is 0 Å². The van der Waals surface area contributed by atoms with E-state index >= 15 is 0 Å². The lowest BCUT2D eigenvalue weighted by Crippen LogP contribution is -2.38. The van der Waals surface area contributed by atoms with E-state index in [9.17, 15) is 9.59 Å². The third-order valence-corrected chi connectivity index (χ3v) is 2.14. The zero-order valence-corrected chi connectivity index (χ0v) is 10.2. The molecule has 0 unspecified atom stereocenters. The monoisotopic (exact) mass is 231 g/mol. The Labute approximate surface area is 96.4 Å². The van der Waals surface area contributed by atoms with Crippen LogP contribution < -0.4 is 0 Å². The second kappa shape index (κ2) is 8.24. The van der Waals surface area contributed by atoms with Gasteiger partial charge in [0, 0.05) is 12.6 Å². The van der Waals surface area contributed by atoms with Crippen LogP contribution in [0.15, 0.2) is 0 Å². The predicted octanol–water partition coefficient (Wildman–Crippen LogP) is 0.211. The third-order valence-electron chi connectivity index (χ3n) is 2.14. The fourth-order valence-corrected chi connectivity index (χ4v) is 1.30. The molecule has 0 amide bonds. The van der Waals surface area contributed by atoms with Gasteiger partial charge in [0.15, 0.2) is 5.78 Å². The summed E-state index contributed by atoms with van der Waals surface area (Å²) in [6.45, 7) is 6.49. The molecule has 0 radical (unpaired) electrons. The van der Waals surface area contributed by atoms with Gasteiger partial charge in [0.2, 0.25) is 0 Å². The summed E-state index contributed by atoms with van der Waals surface area (Å²) in [5, 5.41) is 8.82. The molecule has 0 aliphatic rings. The van der Waals surface area contributed by atoms with Gasteiger partial charge in [0.1, 0.15) is 6.42 Å². The number of Topliss-reactive ketones (excluding diaryl/α,β-unsaturated/α-hetero) is 1. The van der Waals surface area contributed by atoms with Gasteiger partial charge in [-0.3, -0.25) is 14.5 Å². The first-order chi connectivity index (χ1) is 7.51. The third kappa shape index (κ3) is 6.53. The molecule has 16 heavy (non-hydrogen) atoms. The molecule has 5 nitrogen and oxygen atoms in total. The average molecular weight is 231 g/mol. The highest BCUT2D eigenvalue weighted by atomic mass is 16.5.